The summed E-state index contributed by atoms with van der Waals surface area (Å²) in [6.45, 7) is 11.8. The zero-order valence-electron chi connectivity index (χ0n) is 10.2. The molecule has 0 rings (SSSR count). The Morgan fingerprint density at radius 1 is 0.750 bits per heavy atom. The second kappa shape index (κ2) is 7.35. The van der Waals surface area contributed by atoms with Crippen LogP contribution in [0.4, 0.5) is 19.4 Å². The van der Waals surface area contributed by atoms with Gasteiger partial charge in [-0.3, -0.25) is 4.70 Å². The van der Waals surface area contributed by atoms with Gasteiger partial charge in [0, 0.05) is 10.3 Å². The third-order valence-corrected chi connectivity index (χ3v) is 3.53. The monoisotopic (exact) mass is 350 g/mol. The van der Waals surface area contributed by atoms with Gasteiger partial charge >= 0.3 is 33.2 Å². The van der Waals surface area contributed by atoms with Crippen LogP contribution in [0.2, 0.25) is 0 Å². The molecule has 0 N–H and O–H groups in total. The average molecular weight is 351 g/mol. The van der Waals surface area contributed by atoms with Gasteiger partial charge in [0.15, 0.2) is 0 Å². The van der Waals surface area contributed by atoms with Crippen molar-refractivity contribution in [3.63, 3.8) is 0 Å². The van der Waals surface area contributed by atoms with Gasteiger partial charge in [0.1, 0.15) is 0 Å². The Hall–Kier alpha value is 0.893. The van der Waals surface area contributed by atoms with Crippen molar-refractivity contribution in [3.05, 3.63) is 0 Å². The van der Waals surface area contributed by atoms with Crippen LogP contribution in [-0.4, -0.2) is 10.3 Å². The van der Waals surface area contributed by atoms with E-state index in [4.69, 9.17) is 0 Å². The summed E-state index contributed by atoms with van der Waals surface area (Å²) in [6, 6.07) is 0. The van der Waals surface area contributed by atoms with Gasteiger partial charge in [0.2, 0.25) is 0 Å². The van der Waals surface area contributed by atoms with Crippen molar-refractivity contribution >= 4 is 8.23 Å². The average Bonchev–Trinajstić information content (AvgIpc) is 1.77. The van der Waals surface area contributed by atoms with Gasteiger partial charge in [0.25, 0.3) is 0 Å². The van der Waals surface area contributed by atoms with Crippen molar-refractivity contribution in [2.75, 3.05) is 0 Å². The van der Waals surface area contributed by atoms with E-state index in [1.54, 1.807) is 0 Å². The molecule has 0 amide bonds. The van der Waals surface area contributed by atoms with E-state index in [0.717, 1.165) is 0 Å². The molecule has 0 aliphatic heterocycles. The van der Waals surface area contributed by atoms with Crippen molar-refractivity contribution in [2.45, 2.75) is 51.9 Å². The minimum absolute atomic E-state index is 0. The van der Waals surface area contributed by atoms with Gasteiger partial charge in [-0.15, -0.1) is 0 Å². The molecular formula is C8H19F6PZr. The van der Waals surface area contributed by atoms with E-state index in [9.17, 15) is 14.7 Å². The molecule has 0 aliphatic carbocycles. The Kier molecular flexibility index (Phi) is 10.2. The van der Waals surface area contributed by atoms with E-state index in [2.05, 4.69) is 0 Å². The zero-order chi connectivity index (χ0) is 13.1. The number of rotatable bonds is 0. The van der Waals surface area contributed by atoms with Gasteiger partial charge in [-0.25, -0.2) is 4.20 Å². The zero-order valence-corrected chi connectivity index (χ0v) is 13.6. The Morgan fingerprint density at radius 3 is 0.875 bits per heavy atom. The Labute approximate surface area is 102 Å². The summed E-state index contributed by atoms with van der Waals surface area (Å²) in [4.78, 5) is 0. The Balaban J connectivity index is -0.000000242. The van der Waals surface area contributed by atoms with Crippen LogP contribution in [-0.2, 0) is 22.7 Å². The molecule has 102 valence electrons. The first-order valence-corrected chi connectivity index (χ1v) is 9.32. The van der Waals surface area contributed by atoms with Crippen LogP contribution in [0.5, 0.6) is 0 Å². The number of halogens is 6. The summed E-state index contributed by atoms with van der Waals surface area (Å²) in [5.74, 6) is 0. The first-order valence-electron chi connectivity index (χ1n) is 4.37. The second-order valence-corrected chi connectivity index (χ2v) is 10.4. The van der Waals surface area contributed by atoms with E-state index in [0.29, 0.717) is 0 Å². The summed E-state index contributed by atoms with van der Waals surface area (Å²) >= 11 is -7.18. The van der Waals surface area contributed by atoms with Crippen LogP contribution in [0.15, 0.2) is 0 Å². The molecule has 0 radical (unpaired) electrons. The van der Waals surface area contributed by atoms with Gasteiger partial charge in [0.05, 0.1) is 8.23 Å². The van der Waals surface area contributed by atoms with Gasteiger partial charge in [-0.05, 0) is 0 Å². The molecule has 0 saturated heterocycles. The quantitative estimate of drug-likeness (QED) is 0.383. The van der Waals surface area contributed by atoms with Crippen molar-refractivity contribution in [2.24, 2.45) is 0 Å². The fourth-order valence-electron chi connectivity index (χ4n) is 1.01. The van der Waals surface area contributed by atoms with Gasteiger partial charge in [-0.2, -0.15) is 0 Å². The molecule has 0 unspecified atom stereocenters. The molecule has 0 bridgehead atoms. The molecule has 0 fully saturated rings. The predicted octanol–water partition coefficient (Wildman–Crippen LogP) is 5.78. The molecular weight excluding hydrogens is 332 g/mol. The molecule has 0 aliphatic rings. The fraction of sp³-hybridized carbons (Fsp3) is 1.00. The van der Waals surface area contributed by atoms with Crippen molar-refractivity contribution in [1.29, 1.82) is 0 Å². The van der Waals surface area contributed by atoms with E-state index in [1.165, 1.54) is 0 Å². The van der Waals surface area contributed by atoms with Crippen LogP contribution in [0.1, 0.15) is 41.5 Å². The fourth-order valence-corrected chi connectivity index (χ4v) is 3.02. The van der Waals surface area contributed by atoms with Crippen LogP contribution in [0, 0.1) is 0 Å². The van der Waals surface area contributed by atoms with Crippen LogP contribution in [0.3, 0.4) is 0 Å². The summed E-state index contributed by atoms with van der Waals surface area (Å²) in [5, 5.41) is -0.318. The summed E-state index contributed by atoms with van der Waals surface area (Å²) in [7, 11) is -1.36. The second-order valence-electron chi connectivity index (χ2n) is 5.05. The van der Waals surface area contributed by atoms with Crippen molar-refractivity contribution in [3.8, 4) is 0 Å². The molecule has 0 spiro atoms. The Morgan fingerprint density at radius 2 is 0.875 bits per heavy atom. The number of hydrogen-bond acceptors (Lipinski definition) is 0. The van der Waals surface area contributed by atoms with Crippen molar-refractivity contribution < 1.29 is 42.1 Å². The van der Waals surface area contributed by atoms with Crippen LogP contribution >= 0.6 is 8.23 Å². The molecule has 0 saturated carbocycles. The van der Waals surface area contributed by atoms with Gasteiger partial charge < -0.3 is 0 Å². The van der Waals surface area contributed by atoms with E-state index >= 15 is 0 Å². The molecule has 0 atom stereocenters. The standard InChI is InChI=1S/C8H18FP.5FH.Zr/c1-7(2,3)10(9)8(4,5)6;;;;;;/h1-6H3;5*1H;/q;;;;;;+4/p-4. The maximum absolute atomic E-state index is 13.5. The third kappa shape index (κ3) is 17.3. The van der Waals surface area contributed by atoms with Crippen LogP contribution in [0.25, 0.3) is 0 Å². The first kappa shape index (κ1) is 22.1. The van der Waals surface area contributed by atoms with E-state index in [1.807, 2.05) is 41.5 Å². The van der Waals surface area contributed by atoms with E-state index in [-0.39, 0.29) is 15.0 Å². The molecule has 0 aromatic rings. The first-order chi connectivity index (χ1) is 6.15. The summed E-state index contributed by atoms with van der Waals surface area (Å²) in [6.07, 6.45) is 0. The molecule has 0 nitrogen and oxygen atoms in total. The topological polar surface area (TPSA) is 0 Å². The Bertz CT molecular complexity index is 160. The molecule has 16 heavy (non-hydrogen) atoms. The maximum atomic E-state index is 13.5. The van der Waals surface area contributed by atoms with Crippen LogP contribution < -0.4 is 0 Å². The van der Waals surface area contributed by atoms with Crippen molar-refractivity contribution in [1.82, 2.24) is 0 Å². The normalized spacial score (nSPS) is 12.8. The van der Waals surface area contributed by atoms with E-state index < -0.39 is 30.9 Å². The number of hydrogen-bond donors (Lipinski definition) is 0. The summed E-state index contributed by atoms with van der Waals surface area (Å²) in [5.41, 5.74) is 0. The SMILES string of the molecule is CC(C)(C)P(F)C(C)(C)C.F.[F][Zr]([F])([F])[F]. The molecule has 0 aromatic carbocycles. The summed E-state index contributed by atoms with van der Waals surface area (Å²) < 4.78 is 53.1. The third-order valence-electron chi connectivity index (χ3n) is 1.18. The van der Waals surface area contributed by atoms with Gasteiger partial charge in [-0.1, -0.05) is 41.5 Å². The molecule has 0 aromatic heterocycles. The molecule has 0 heterocycles. The predicted molar refractivity (Wildman–Crippen MR) is 54.5 cm³/mol. The minimum atomic E-state index is -7.18. The molecule has 8 heteroatoms.